The van der Waals surface area contributed by atoms with E-state index < -0.39 is 18.0 Å². The van der Waals surface area contributed by atoms with Crippen LogP contribution in [0.2, 0.25) is 0 Å². The van der Waals surface area contributed by atoms with Crippen LogP contribution in [0.5, 0.6) is 0 Å². The molecule has 50 heavy (non-hydrogen) atoms. The Labute approximate surface area is 304 Å². The van der Waals surface area contributed by atoms with Gasteiger partial charge >= 0.3 is 17.1 Å². The quantitative estimate of drug-likeness (QED) is 0.0987. The molecule has 0 fully saturated rings. The summed E-state index contributed by atoms with van der Waals surface area (Å²) in [6, 6.07) is 50.1. The Hall–Kier alpha value is -4.88. The molecule has 7 rings (SSSR count). The van der Waals surface area contributed by atoms with Gasteiger partial charge in [0.2, 0.25) is 0 Å². The third-order valence-electron chi connectivity index (χ3n) is 7.60. The van der Waals surface area contributed by atoms with Gasteiger partial charge in [-0.3, -0.25) is 0 Å². The van der Waals surface area contributed by atoms with Crippen LogP contribution in [-0.4, -0.2) is 32.9 Å². The van der Waals surface area contributed by atoms with Crippen LogP contribution in [0.15, 0.2) is 163 Å². The normalized spacial score (nSPS) is 10.9. The maximum absolute atomic E-state index is 11.7. The van der Waals surface area contributed by atoms with Crippen LogP contribution in [0.4, 0.5) is 0 Å². The third-order valence-corrected chi connectivity index (χ3v) is 11.5. The molecule has 0 aliphatic heterocycles. The Bertz CT molecular complexity index is 2160. The van der Waals surface area contributed by atoms with Crippen LogP contribution in [0, 0.1) is 13.8 Å². The van der Waals surface area contributed by atoms with Crippen LogP contribution in [0.25, 0.3) is 34.2 Å². The van der Waals surface area contributed by atoms with E-state index in [4.69, 9.17) is 9.97 Å². The zero-order valence-corrected chi connectivity index (χ0v) is 30.0. The van der Waals surface area contributed by atoms with Crippen LogP contribution in [-0.2, 0) is 27.2 Å². The van der Waals surface area contributed by atoms with E-state index in [1.54, 1.807) is 18.2 Å². The summed E-state index contributed by atoms with van der Waals surface area (Å²) in [6.45, 7) is 3.93. The van der Waals surface area contributed by atoms with Gasteiger partial charge in [0.25, 0.3) is 0 Å². The molecular weight excluding hydrogens is 711 g/mol. The predicted molar refractivity (Wildman–Crippen MR) is 198 cm³/mol. The van der Waals surface area contributed by atoms with Crippen LogP contribution in [0.1, 0.15) is 11.4 Å². The summed E-state index contributed by atoms with van der Waals surface area (Å²) in [5, 5.41) is 2.68. The van der Waals surface area contributed by atoms with Crippen LogP contribution in [0.3, 0.4) is 0 Å². The fourth-order valence-electron chi connectivity index (χ4n) is 5.43. The molecule has 2 aromatic heterocycles. The summed E-state index contributed by atoms with van der Waals surface area (Å²) in [5.41, 5.74) is 5.63. The minimum absolute atomic E-state index is 0. The standard InChI is InChI=1S/C22H18N4.C18H15O3PS.Cu/c1-15-13-19(17-9-5-3-6-10-17)25-21(23-15)22-24-16(2)14-20(26-22)18-11-7-4-8-12-18;19-23(20,21)18-14-8-7-13-17(18)22(15-9-3-1-4-10-15)16-11-5-2-6-12-16;/h3-14H,1-2H3;1-14H,(H,19,20,21);/q;;+1. The van der Waals surface area contributed by atoms with Crippen molar-refractivity contribution in [1.82, 2.24) is 19.9 Å². The van der Waals surface area contributed by atoms with Crippen molar-refractivity contribution in [3.63, 3.8) is 0 Å². The van der Waals surface area contributed by atoms with Gasteiger partial charge in [0, 0.05) is 22.5 Å². The number of aryl methyl sites for hydroxylation is 2. The van der Waals surface area contributed by atoms with Gasteiger partial charge in [0.05, 0.1) is 24.2 Å². The molecule has 10 heteroatoms. The van der Waals surface area contributed by atoms with Gasteiger partial charge in [-0.25, -0.2) is 28.4 Å². The third kappa shape index (κ3) is 9.01. The van der Waals surface area contributed by atoms with Crippen LogP contribution >= 0.6 is 7.92 Å². The summed E-state index contributed by atoms with van der Waals surface area (Å²) >= 11 is 0. The molecule has 252 valence electrons. The molecule has 0 spiro atoms. The molecule has 0 saturated carbocycles. The van der Waals surface area contributed by atoms with Crippen molar-refractivity contribution in [2.45, 2.75) is 18.7 Å². The minimum atomic E-state index is -4.52. The van der Waals surface area contributed by atoms with E-state index in [2.05, 4.69) is 9.97 Å². The van der Waals surface area contributed by atoms with Crippen molar-refractivity contribution in [1.29, 1.82) is 0 Å². The second kappa shape index (κ2) is 16.7. The number of benzene rings is 5. The zero-order valence-electron chi connectivity index (χ0n) is 27.2. The summed E-state index contributed by atoms with van der Waals surface area (Å²) in [4.78, 5) is 18.4. The van der Waals surface area contributed by atoms with Crippen molar-refractivity contribution in [3.05, 3.63) is 169 Å². The van der Waals surface area contributed by atoms with E-state index in [1.165, 1.54) is 6.07 Å². The Kier molecular flexibility index (Phi) is 12.1. The molecule has 2 heterocycles. The van der Waals surface area contributed by atoms with E-state index >= 15 is 0 Å². The second-order valence-corrected chi connectivity index (χ2v) is 15.0. The molecule has 0 aliphatic rings. The number of hydrogen-bond acceptors (Lipinski definition) is 7. The monoisotopic (exact) mass is 743 g/mol. The first-order valence-electron chi connectivity index (χ1n) is 15.6. The van der Waals surface area contributed by atoms with Crippen LogP contribution < -0.4 is 15.9 Å². The molecule has 0 saturated heterocycles. The van der Waals surface area contributed by atoms with Gasteiger partial charge in [-0.05, 0) is 62.4 Å². The van der Waals surface area contributed by atoms with Crippen molar-refractivity contribution in [3.8, 4) is 34.2 Å². The topological polar surface area (TPSA) is 109 Å². The summed E-state index contributed by atoms with van der Waals surface area (Å²) in [7, 11) is -6.09. The largest absolute Gasteiger partial charge is 1.00 e. The van der Waals surface area contributed by atoms with Gasteiger partial charge in [-0.1, -0.05) is 109 Å². The van der Waals surface area contributed by atoms with E-state index in [0.29, 0.717) is 17.0 Å². The first-order valence-corrected chi connectivity index (χ1v) is 18.5. The Morgan fingerprint density at radius 3 is 1.26 bits per heavy atom. The Morgan fingerprint density at radius 1 is 0.500 bits per heavy atom. The first-order chi connectivity index (χ1) is 23.8. The smallest absolute Gasteiger partial charge is 0.744 e. The number of nitrogens with zero attached hydrogens (tertiary/aromatic N) is 4. The fourth-order valence-corrected chi connectivity index (χ4v) is 9.29. The van der Waals surface area contributed by atoms with E-state index in [-0.39, 0.29) is 22.0 Å². The second-order valence-electron chi connectivity index (χ2n) is 11.2. The average molecular weight is 744 g/mol. The van der Waals surface area contributed by atoms with Gasteiger partial charge in [0.1, 0.15) is 26.0 Å². The molecule has 0 N–H and O–H groups in total. The summed E-state index contributed by atoms with van der Waals surface area (Å²) in [5.74, 6) is 1.09. The van der Waals surface area contributed by atoms with Gasteiger partial charge in [-0.2, -0.15) is 0 Å². The van der Waals surface area contributed by atoms with Crippen molar-refractivity contribution in [2.24, 2.45) is 0 Å². The van der Waals surface area contributed by atoms with E-state index in [9.17, 15) is 13.0 Å². The molecule has 0 bridgehead atoms. The maximum Gasteiger partial charge on any atom is 1.00 e. The predicted octanol–water partition coefficient (Wildman–Crippen LogP) is 6.96. The van der Waals surface area contributed by atoms with Gasteiger partial charge in [0.15, 0.2) is 11.6 Å². The number of aromatic nitrogens is 4. The molecule has 7 nitrogen and oxygen atoms in total. The maximum atomic E-state index is 11.7. The van der Waals surface area contributed by atoms with E-state index in [1.807, 2.05) is 147 Å². The van der Waals surface area contributed by atoms with E-state index in [0.717, 1.165) is 44.5 Å². The summed E-state index contributed by atoms with van der Waals surface area (Å²) in [6.07, 6.45) is 0. The zero-order chi connectivity index (χ0) is 34.2. The van der Waals surface area contributed by atoms with Gasteiger partial charge < -0.3 is 4.55 Å². The Morgan fingerprint density at radius 2 is 0.860 bits per heavy atom. The van der Waals surface area contributed by atoms with Crippen molar-refractivity contribution >= 4 is 34.0 Å². The van der Waals surface area contributed by atoms with Gasteiger partial charge in [-0.15, -0.1) is 0 Å². The SMILES string of the molecule is Cc1cc(-c2ccccc2)nc(-c2nc(C)cc(-c3ccccc3)n2)n1.O=S(=O)([O-])c1ccccc1[PH+](c1ccccc1)c1ccccc1.[Cu+]. The molecule has 0 atom stereocenters. The molecular formula is C40H33CuN4O3PS+. The molecule has 0 amide bonds. The summed E-state index contributed by atoms with van der Waals surface area (Å²) < 4.78 is 35.0. The average Bonchev–Trinajstić information content (AvgIpc) is 3.13. The molecule has 0 radical (unpaired) electrons. The number of hydrogen-bond donors (Lipinski definition) is 0. The molecule has 0 aliphatic carbocycles. The first kappa shape index (κ1) is 36.4. The van der Waals surface area contributed by atoms with Crippen molar-refractivity contribution in [2.75, 3.05) is 0 Å². The molecule has 7 aromatic rings. The fraction of sp³-hybridized carbons (Fsp3) is 0.0500. The Balaban J connectivity index is 0.000000192. The minimum Gasteiger partial charge on any atom is -0.744 e. The number of rotatable bonds is 7. The molecule has 0 unspecified atom stereocenters. The molecule has 5 aromatic carbocycles. The van der Waals surface area contributed by atoms with Crippen molar-refractivity contribution < 1.29 is 30.0 Å².